The molecule has 2 nitrogen and oxygen atoms in total. The molecule has 90 valence electrons. The van der Waals surface area contributed by atoms with Crippen LogP contribution < -0.4 is 5.32 Å². The van der Waals surface area contributed by atoms with Crippen LogP contribution in [-0.2, 0) is 0 Å². The van der Waals surface area contributed by atoms with Gasteiger partial charge in [-0.1, -0.05) is 6.07 Å². The van der Waals surface area contributed by atoms with E-state index in [9.17, 15) is 13.9 Å². The summed E-state index contributed by atoms with van der Waals surface area (Å²) in [6, 6.07) is 3.17. The zero-order chi connectivity index (χ0) is 12.3. The van der Waals surface area contributed by atoms with E-state index in [2.05, 4.69) is 5.32 Å². The minimum atomic E-state index is -0.972. The maximum atomic E-state index is 13.3. The summed E-state index contributed by atoms with van der Waals surface area (Å²) >= 11 is 0. The number of halogens is 2. The van der Waals surface area contributed by atoms with Crippen LogP contribution in [0.3, 0.4) is 0 Å². The Hall–Kier alpha value is -1.00. The molecule has 0 unspecified atom stereocenters. The van der Waals surface area contributed by atoms with Gasteiger partial charge in [0.2, 0.25) is 0 Å². The SMILES string of the molecule is CC(C)(C)NC[C@H](O)c1ccc(F)cc1F. The van der Waals surface area contributed by atoms with E-state index in [0.717, 1.165) is 12.1 Å². The van der Waals surface area contributed by atoms with Gasteiger partial charge in [0, 0.05) is 23.7 Å². The Labute approximate surface area is 94.3 Å². The van der Waals surface area contributed by atoms with Crippen LogP contribution in [0.2, 0.25) is 0 Å². The van der Waals surface area contributed by atoms with Crippen LogP contribution in [0.1, 0.15) is 32.4 Å². The summed E-state index contributed by atoms with van der Waals surface area (Å²) in [6.45, 7) is 6.06. The predicted molar refractivity (Wildman–Crippen MR) is 59.1 cm³/mol. The van der Waals surface area contributed by atoms with Crippen LogP contribution in [-0.4, -0.2) is 17.2 Å². The molecule has 0 saturated carbocycles. The van der Waals surface area contributed by atoms with Crippen LogP contribution in [0.25, 0.3) is 0 Å². The molecule has 1 aromatic carbocycles. The molecule has 0 aliphatic heterocycles. The number of hydrogen-bond donors (Lipinski definition) is 2. The number of β-amino-alcohol motifs (C(OH)–C–C–N with tert-alkyl or cyclic N) is 1. The first kappa shape index (κ1) is 13.1. The van der Waals surface area contributed by atoms with E-state index in [1.807, 2.05) is 20.8 Å². The smallest absolute Gasteiger partial charge is 0.131 e. The van der Waals surface area contributed by atoms with Gasteiger partial charge in [-0.25, -0.2) is 8.78 Å². The van der Waals surface area contributed by atoms with Gasteiger partial charge in [0.1, 0.15) is 11.6 Å². The summed E-state index contributed by atoms with van der Waals surface area (Å²) in [6.07, 6.45) is -0.972. The molecule has 1 rings (SSSR count). The van der Waals surface area contributed by atoms with Gasteiger partial charge in [0.05, 0.1) is 6.10 Å². The van der Waals surface area contributed by atoms with E-state index in [1.54, 1.807) is 0 Å². The number of benzene rings is 1. The van der Waals surface area contributed by atoms with Crippen LogP contribution in [0.5, 0.6) is 0 Å². The zero-order valence-electron chi connectivity index (χ0n) is 9.72. The van der Waals surface area contributed by atoms with Crippen LogP contribution in [0, 0.1) is 11.6 Å². The van der Waals surface area contributed by atoms with E-state index >= 15 is 0 Å². The number of nitrogens with one attached hydrogen (secondary N) is 1. The lowest BCUT2D eigenvalue weighted by molar-refractivity contribution is 0.159. The molecule has 0 bridgehead atoms. The molecule has 2 N–H and O–H groups in total. The van der Waals surface area contributed by atoms with E-state index in [-0.39, 0.29) is 17.6 Å². The summed E-state index contributed by atoms with van der Waals surface area (Å²) in [5.74, 6) is -1.36. The van der Waals surface area contributed by atoms with Crippen molar-refractivity contribution in [2.75, 3.05) is 6.54 Å². The summed E-state index contributed by atoms with van der Waals surface area (Å²) < 4.78 is 25.9. The maximum Gasteiger partial charge on any atom is 0.131 e. The average Bonchev–Trinajstić information content (AvgIpc) is 2.13. The van der Waals surface area contributed by atoms with Gasteiger partial charge in [0.15, 0.2) is 0 Å². The third-order valence-corrected chi connectivity index (χ3v) is 2.15. The molecular weight excluding hydrogens is 212 g/mol. The molecule has 0 radical (unpaired) electrons. The van der Waals surface area contributed by atoms with Gasteiger partial charge < -0.3 is 10.4 Å². The molecule has 0 fully saturated rings. The molecule has 16 heavy (non-hydrogen) atoms. The second-order valence-electron chi connectivity index (χ2n) is 4.81. The van der Waals surface area contributed by atoms with Crippen LogP contribution in [0.4, 0.5) is 8.78 Å². The van der Waals surface area contributed by atoms with Gasteiger partial charge in [-0.3, -0.25) is 0 Å². The van der Waals surface area contributed by atoms with Gasteiger partial charge in [-0.15, -0.1) is 0 Å². The van der Waals surface area contributed by atoms with Crippen molar-refractivity contribution >= 4 is 0 Å². The van der Waals surface area contributed by atoms with Gasteiger partial charge in [0.25, 0.3) is 0 Å². The summed E-state index contributed by atoms with van der Waals surface area (Å²) in [5.41, 5.74) is -0.0459. The fourth-order valence-electron chi connectivity index (χ4n) is 1.28. The monoisotopic (exact) mass is 229 g/mol. The molecule has 0 heterocycles. The fraction of sp³-hybridized carbons (Fsp3) is 0.500. The molecule has 0 aliphatic rings. The first-order valence-corrected chi connectivity index (χ1v) is 5.17. The first-order chi connectivity index (χ1) is 7.29. The van der Waals surface area contributed by atoms with Crippen LogP contribution >= 0.6 is 0 Å². The predicted octanol–water partition coefficient (Wildman–Crippen LogP) is 2.39. The molecular formula is C12H17F2NO. The number of aliphatic hydroxyl groups is 1. The maximum absolute atomic E-state index is 13.3. The van der Waals surface area contributed by atoms with Crippen molar-refractivity contribution in [2.24, 2.45) is 0 Å². The Kier molecular flexibility index (Phi) is 3.99. The largest absolute Gasteiger partial charge is 0.387 e. The lowest BCUT2D eigenvalue weighted by atomic mass is 10.1. The third kappa shape index (κ3) is 3.87. The lowest BCUT2D eigenvalue weighted by Gasteiger charge is -2.23. The molecule has 4 heteroatoms. The molecule has 0 aromatic heterocycles. The van der Waals surface area contributed by atoms with Crippen molar-refractivity contribution in [1.82, 2.24) is 5.32 Å². The Balaban J connectivity index is 2.70. The van der Waals surface area contributed by atoms with Crippen molar-refractivity contribution in [3.63, 3.8) is 0 Å². The van der Waals surface area contributed by atoms with Crippen molar-refractivity contribution in [1.29, 1.82) is 0 Å². The molecule has 1 atom stereocenters. The van der Waals surface area contributed by atoms with Gasteiger partial charge in [-0.05, 0) is 26.8 Å². The van der Waals surface area contributed by atoms with E-state index in [1.165, 1.54) is 6.07 Å². The molecule has 1 aromatic rings. The molecule has 0 amide bonds. The average molecular weight is 229 g/mol. The number of aliphatic hydroxyl groups excluding tert-OH is 1. The summed E-state index contributed by atoms with van der Waals surface area (Å²) in [5, 5.41) is 12.8. The van der Waals surface area contributed by atoms with E-state index in [0.29, 0.717) is 0 Å². The molecule has 0 aliphatic carbocycles. The quantitative estimate of drug-likeness (QED) is 0.834. The third-order valence-electron chi connectivity index (χ3n) is 2.15. The lowest BCUT2D eigenvalue weighted by Crippen LogP contribution is -2.38. The second-order valence-corrected chi connectivity index (χ2v) is 4.81. The van der Waals surface area contributed by atoms with Crippen molar-refractivity contribution in [3.05, 3.63) is 35.4 Å². The number of rotatable bonds is 3. The van der Waals surface area contributed by atoms with Gasteiger partial charge >= 0.3 is 0 Å². The van der Waals surface area contributed by atoms with Gasteiger partial charge in [-0.2, -0.15) is 0 Å². The topological polar surface area (TPSA) is 32.3 Å². The Morgan fingerprint density at radius 1 is 1.31 bits per heavy atom. The molecule has 0 saturated heterocycles. The minimum Gasteiger partial charge on any atom is -0.387 e. The van der Waals surface area contributed by atoms with Crippen molar-refractivity contribution < 1.29 is 13.9 Å². The van der Waals surface area contributed by atoms with Crippen molar-refractivity contribution in [3.8, 4) is 0 Å². The fourth-order valence-corrected chi connectivity index (χ4v) is 1.28. The van der Waals surface area contributed by atoms with E-state index in [4.69, 9.17) is 0 Å². The minimum absolute atomic E-state index is 0.109. The standard InChI is InChI=1S/C12H17F2NO/c1-12(2,3)15-7-11(16)9-5-4-8(13)6-10(9)14/h4-6,11,15-16H,7H2,1-3H3/t11-/m0/s1. The highest BCUT2D eigenvalue weighted by Gasteiger charge is 2.16. The van der Waals surface area contributed by atoms with Crippen LogP contribution in [0.15, 0.2) is 18.2 Å². The Morgan fingerprint density at radius 3 is 2.44 bits per heavy atom. The van der Waals surface area contributed by atoms with E-state index < -0.39 is 17.7 Å². The zero-order valence-corrected chi connectivity index (χ0v) is 9.72. The highest BCUT2D eigenvalue weighted by atomic mass is 19.1. The highest BCUT2D eigenvalue weighted by molar-refractivity contribution is 5.21. The number of hydrogen-bond acceptors (Lipinski definition) is 2. The normalized spacial score (nSPS) is 13.9. The summed E-state index contributed by atoms with van der Waals surface area (Å²) in [7, 11) is 0. The highest BCUT2D eigenvalue weighted by Crippen LogP contribution is 2.18. The first-order valence-electron chi connectivity index (χ1n) is 5.17. The molecule has 0 spiro atoms. The Morgan fingerprint density at radius 2 is 1.94 bits per heavy atom. The second kappa shape index (κ2) is 4.89. The summed E-state index contributed by atoms with van der Waals surface area (Å²) in [4.78, 5) is 0. The Bertz CT molecular complexity index is 361. The van der Waals surface area contributed by atoms with Crippen molar-refractivity contribution in [2.45, 2.75) is 32.4 Å².